The molecule has 4 heteroatoms. The average Bonchev–Trinajstić information content (AvgIpc) is 3.05. The lowest BCUT2D eigenvalue weighted by atomic mass is 10.1. The van der Waals surface area contributed by atoms with E-state index < -0.39 is 0 Å². The van der Waals surface area contributed by atoms with Crippen molar-refractivity contribution in [3.05, 3.63) is 30.0 Å². The summed E-state index contributed by atoms with van der Waals surface area (Å²) in [5, 5.41) is 1.04. The smallest absolute Gasteiger partial charge is 0.308 e. The number of carbonyl (C=O) groups excluding carboxylic acids is 1. The zero-order chi connectivity index (χ0) is 13.9. The maximum Gasteiger partial charge on any atom is 0.308 e. The van der Waals surface area contributed by atoms with Crippen molar-refractivity contribution in [1.29, 1.82) is 0 Å². The van der Waals surface area contributed by atoms with Gasteiger partial charge in [0.2, 0.25) is 0 Å². The highest BCUT2D eigenvalue weighted by Gasteiger charge is 2.14. The van der Waals surface area contributed by atoms with Crippen LogP contribution in [0.2, 0.25) is 0 Å². The number of rotatable bonds is 4. The molecule has 1 aliphatic heterocycles. The monoisotopic (exact) mass is 272 g/mol. The number of carbonyl (C=O) groups is 1. The minimum Gasteiger partial charge on any atom is -0.426 e. The van der Waals surface area contributed by atoms with Crippen LogP contribution in [-0.4, -0.2) is 35.5 Å². The quantitative estimate of drug-likeness (QED) is 0.687. The highest BCUT2D eigenvalue weighted by molar-refractivity contribution is 5.91. The van der Waals surface area contributed by atoms with Crippen molar-refractivity contribution < 1.29 is 9.53 Å². The molecule has 1 saturated heterocycles. The summed E-state index contributed by atoms with van der Waals surface area (Å²) in [4.78, 5) is 17.0. The maximum atomic E-state index is 11.2. The summed E-state index contributed by atoms with van der Waals surface area (Å²) in [5.74, 6) is 0.386. The zero-order valence-corrected chi connectivity index (χ0v) is 11.8. The largest absolute Gasteiger partial charge is 0.426 e. The van der Waals surface area contributed by atoms with Gasteiger partial charge in [0.1, 0.15) is 5.75 Å². The number of esters is 1. The first-order valence-electron chi connectivity index (χ1n) is 7.24. The molecule has 0 aliphatic carbocycles. The number of ether oxygens (including phenoxy) is 1. The van der Waals surface area contributed by atoms with Crippen LogP contribution in [0.4, 0.5) is 0 Å². The van der Waals surface area contributed by atoms with Gasteiger partial charge in [-0.25, -0.2) is 0 Å². The first-order chi connectivity index (χ1) is 9.74. The molecule has 0 spiro atoms. The number of likely N-dealkylation sites (tertiary alicyclic amines) is 1. The predicted octanol–water partition coefficient (Wildman–Crippen LogP) is 2.73. The molecule has 1 aromatic carbocycles. The van der Waals surface area contributed by atoms with Crippen LogP contribution in [0.5, 0.6) is 5.75 Å². The van der Waals surface area contributed by atoms with Gasteiger partial charge in [0, 0.05) is 30.6 Å². The number of aromatic nitrogens is 1. The van der Waals surface area contributed by atoms with Crippen LogP contribution < -0.4 is 4.74 Å². The molecule has 2 heterocycles. The van der Waals surface area contributed by atoms with Crippen LogP contribution in [0.15, 0.2) is 24.4 Å². The molecule has 0 bridgehead atoms. The van der Waals surface area contributed by atoms with E-state index in [0.29, 0.717) is 5.75 Å². The number of nitrogens with one attached hydrogen (secondary N) is 1. The molecule has 1 N–H and O–H groups in total. The fraction of sp³-hybridized carbons (Fsp3) is 0.438. The zero-order valence-electron chi connectivity index (χ0n) is 11.8. The van der Waals surface area contributed by atoms with Gasteiger partial charge in [-0.1, -0.05) is 6.07 Å². The fourth-order valence-corrected chi connectivity index (χ4v) is 2.94. The van der Waals surface area contributed by atoms with Gasteiger partial charge in [-0.15, -0.1) is 0 Å². The molecule has 0 amide bonds. The Kier molecular flexibility index (Phi) is 3.74. The lowest BCUT2D eigenvalue weighted by Gasteiger charge is -2.14. The minimum atomic E-state index is -0.274. The number of benzene rings is 1. The molecule has 4 nitrogen and oxygen atoms in total. The Morgan fingerprint density at radius 2 is 2.15 bits per heavy atom. The Balaban J connectivity index is 1.84. The standard InChI is InChI=1S/C16H20N2O2/c1-12(19)20-15-6-4-5-14-16(15)13(11-17-14)7-10-18-8-2-3-9-18/h4-6,11,17H,2-3,7-10H2,1H3. The molecule has 1 aliphatic rings. The van der Waals surface area contributed by atoms with Crippen molar-refractivity contribution in [2.45, 2.75) is 26.2 Å². The van der Waals surface area contributed by atoms with Crippen LogP contribution in [0.25, 0.3) is 10.9 Å². The fourth-order valence-electron chi connectivity index (χ4n) is 2.94. The molecule has 2 aromatic rings. The van der Waals surface area contributed by atoms with Gasteiger partial charge in [0.25, 0.3) is 0 Å². The van der Waals surface area contributed by atoms with E-state index in [0.717, 1.165) is 23.9 Å². The Bertz CT molecular complexity index is 612. The van der Waals surface area contributed by atoms with Crippen LogP contribution >= 0.6 is 0 Å². The normalized spacial score (nSPS) is 15.8. The number of nitrogens with zero attached hydrogens (tertiary/aromatic N) is 1. The summed E-state index contributed by atoms with van der Waals surface area (Å²) in [7, 11) is 0. The Hall–Kier alpha value is -1.81. The van der Waals surface area contributed by atoms with Crippen molar-refractivity contribution in [3.63, 3.8) is 0 Å². The van der Waals surface area contributed by atoms with Crippen LogP contribution in [0, 0.1) is 0 Å². The summed E-state index contributed by atoms with van der Waals surface area (Å²) < 4.78 is 5.33. The average molecular weight is 272 g/mol. The van der Waals surface area contributed by atoms with E-state index in [2.05, 4.69) is 9.88 Å². The summed E-state index contributed by atoms with van der Waals surface area (Å²) in [6.45, 7) is 4.93. The number of aromatic amines is 1. The van der Waals surface area contributed by atoms with Gasteiger partial charge >= 0.3 is 5.97 Å². The summed E-state index contributed by atoms with van der Waals surface area (Å²) >= 11 is 0. The van der Waals surface area contributed by atoms with Gasteiger partial charge in [-0.2, -0.15) is 0 Å². The number of fused-ring (bicyclic) bond motifs is 1. The van der Waals surface area contributed by atoms with E-state index in [1.54, 1.807) is 0 Å². The molecule has 3 rings (SSSR count). The predicted molar refractivity (Wildman–Crippen MR) is 79.0 cm³/mol. The molecule has 106 valence electrons. The van der Waals surface area contributed by atoms with E-state index in [1.807, 2.05) is 24.4 Å². The molecule has 20 heavy (non-hydrogen) atoms. The lowest BCUT2D eigenvalue weighted by molar-refractivity contribution is -0.131. The van der Waals surface area contributed by atoms with E-state index in [4.69, 9.17) is 4.74 Å². The molecule has 0 saturated carbocycles. The SMILES string of the molecule is CC(=O)Oc1cccc2[nH]cc(CCN3CCCC3)c12. The first kappa shape index (κ1) is 13.2. The second kappa shape index (κ2) is 5.67. The number of H-pyrrole nitrogens is 1. The third-order valence-corrected chi connectivity index (χ3v) is 3.90. The van der Waals surface area contributed by atoms with Gasteiger partial charge in [0.05, 0.1) is 0 Å². The third kappa shape index (κ3) is 2.70. The van der Waals surface area contributed by atoms with Crippen LogP contribution in [0.1, 0.15) is 25.3 Å². The molecule has 1 fully saturated rings. The summed E-state index contributed by atoms with van der Waals surface area (Å²) in [5.41, 5.74) is 2.25. The van der Waals surface area contributed by atoms with Crippen molar-refractivity contribution in [2.24, 2.45) is 0 Å². The minimum absolute atomic E-state index is 0.274. The maximum absolute atomic E-state index is 11.2. The van der Waals surface area contributed by atoms with Gasteiger partial charge in [-0.3, -0.25) is 4.79 Å². The molecule has 0 radical (unpaired) electrons. The van der Waals surface area contributed by atoms with Crippen LogP contribution in [-0.2, 0) is 11.2 Å². The van der Waals surface area contributed by atoms with E-state index in [-0.39, 0.29) is 5.97 Å². The third-order valence-electron chi connectivity index (χ3n) is 3.90. The first-order valence-corrected chi connectivity index (χ1v) is 7.24. The van der Waals surface area contributed by atoms with E-state index in [9.17, 15) is 4.79 Å². The molecule has 1 aromatic heterocycles. The molecular formula is C16H20N2O2. The highest BCUT2D eigenvalue weighted by atomic mass is 16.5. The highest BCUT2D eigenvalue weighted by Crippen LogP contribution is 2.29. The molecular weight excluding hydrogens is 252 g/mol. The number of hydrogen-bond acceptors (Lipinski definition) is 3. The van der Waals surface area contributed by atoms with Crippen molar-refractivity contribution in [2.75, 3.05) is 19.6 Å². The second-order valence-electron chi connectivity index (χ2n) is 5.39. The van der Waals surface area contributed by atoms with Crippen molar-refractivity contribution in [1.82, 2.24) is 9.88 Å². The van der Waals surface area contributed by atoms with Crippen molar-refractivity contribution in [3.8, 4) is 5.75 Å². The van der Waals surface area contributed by atoms with Gasteiger partial charge < -0.3 is 14.6 Å². The lowest BCUT2D eigenvalue weighted by Crippen LogP contribution is -2.21. The second-order valence-corrected chi connectivity index (χ2v) is 5.39. The summed E-state index contributed by atoms with van der Waals surface area (Å²) in [6, 6.07) is 5.78. The van der Waals surface area contributed by atoms with E-state index in [1.165, 1.54) is 38.4 Å². The summed E-state index contributed by atoms with van der Waals surface area (Å²) in [6.07, 6.45) is 5.64. The Labute approximate surface area is 118 Å². The molecule has 0 unspecified atom stereocenters. The molecule has 0 atom stereocenters. The topological polar surface area (TPSA) is 45.3 Å². The van der Waals surface area contributed by atoms with Crippen molar-refractivity contribution >= 4 is 16.9 Å². The van der Waals surface area contributed by atoms with Gasteiger partial charge in [0.15, 0.2) is 0 Å². The number of hydrogen-bond donors (Lipinski definition) is 1. The van der Waals surface area contributed by atoms with E-state index >= 15 is 0 Å². The Morgan fingerprint density at radius 3 is 2.90 bits per heavy atom. The Morgan fingerprint density at radius 1 is 1.35 bits per heavy atom. The van der Waals surface area contributed by atoms with Gasteiger partial charge in [-0.05, 0) is 50.0 Å². The van der Waals surface area contributed by atoms with Crippen LogP contribution in [0.3, 0.4) is 0 Å².